The number of aliphatic hydroxyl groups excluding tert-OH is 1. The summed E-state index contributed by atoms with van der Waals surface area (Å²) in [6, 6.07) is 8.32. The largest absolute Gasteiger partial charge is 0.489 e. The van der Waals surface area contributed by atoms with E-state index in [1.165, 1.54) is 0 Å². The summed E-state index contributed by atoms with van der Waals surface area (Å²) in [6.45, 7) is 9.45. The Labute approximate surface area is 116 Å². The van der Waals surface area contributed by atoms with Crippen LogP contribution in [0.25, 0.3) is 0 Å². The molecule has 0 radical (unpaired) electrons. The minimum absolute atomic E-state index is 0.213. The van der Waals surface area contributed by atoms with Gasteiger partial charge in [-0.3, -0.25) is 0 Å². The Morgan fingerprint density at radius 1 is 1.37 bits per heavy atom. The Morgan fingerprint density at radius 2 is 2.11 bits per heavy atom. The average Bonchev–Trinajstić information content (AvgIpc) is 2.41. The predicted octanol–water partition coefficient (Wildman–Crippen LogP) is 2.75. The molecule has 1 atom stereocenters. The van der Waals surface area contributed by atoms with Gasteiger partial charge in [0.2, 0.25) is 0 Å². The summed E-state index contributed by atoms with van der Waals surface area (Å²) >= 11 is 0. The average molecular weight is 263 g/mol. The van der Waals surface area contributed by atoms with Crippen molar-refractivity contribution in [1.29, 1.82) is 0 Å². The number of aliphatic hydroxyl groups is 1. The predicted molar refractivity (Wildman–Crippen MR) is 79.3 cm³/mol. The van der Waals surface area contributed by atoms with Crippen molar-refractivity contribution in [3.05, 3.63) is 42.5 Å². The maximum absolute atomic E-state index is 9.08. The molecule has 2 N–H and O–H groups in total. The molecule has 0 saturated carbocycles. The van der Waals surface area contributed by atoms with E-state index >= 15 is 0 Å². The highest BCUT2D eigenvalue weighted by Crippen LogP contribution is 2.18. The molecule has 0 bridgehead atoms. The van der Waals surface area contributed by atoms with Crippen molar-refractivity contribution in [2.24, 2.45) is 5.92 Å². The van der Waals surface area contributed by atoms with Gasteiger partial charge >= 0.3 is 0 Å². The molecule has 0 aliphatic carbocycles. The van der Waals surface area contributed by atoms with E-state index in [4.69, 9.17) is 9.84 Å². The highest BCUT2D eigenvalue weighted by molar-refractivity contribution is 5.33. The summed E-state index contributed by atoms with van der Waals surface area (Å²) in [7, 11) is 0. The molecular formula is C16H25NO2. The minimum atomic E-state index is 0.213. The zero-order chi connectivity index (χ0) is 14.1. The number of ether oxygens (including phenoxy) is 1. The summed E-state index contributed by atoms with van der Waals surface area (Å²) in [6.07, 6.45) is 2.51. The zero-order valence-corrected chi connectivity index (χ0v) is 11.9. The van der Waals surface area contributed by atoms with Gasteiger partial charge in [0.05, 0.1) is 0 Å². The third-order valence-electron chi connectivity index (χ3n) is 3.13. The van der Waals surface area contributed by atoms with Gasteiger partial charge < -0.3 is 15.2 Å². The first-order chi connectivity index (χ1) is 9.19. The van der Waals surface area contributed by atoms with Gasteiger partial charge in [0.1, 0.15) is 12.4 Å². The fourth-order valence-corrected chi connectivity index (χ4v) is 1.99. The molecule has 0 amide bonds. The lowest BCUT2D eigenvalue weighted by Gasteiger charge is -2.22. The van der Waals surface area contributed by atoms with E-state index in [1.54, 1.807) is 6.08 Å². The minimum Gasteiger partial charge on any atom is -0.489 e. The highest BCUT2D eigenvalue weighted by atomic mass is 16.5. The van der Waals surface area contributed by atoms with Crippen molar-refractivity contribution in [3.8, 4) is 5.75 Å². The third-order valence-corrected chi connectivity index (χ3v) is 3.13. The van der Waals surface area contributed by atoms with Crippen molar-refractivity contribution in [1.82, 2.24) is 5.32 Å². The van der Waals surface area contributed by atoms with Crippen molar-refractivity contribution in [3.63, 3.8) is 0 Å². The lowest BCUT2D eigenvalue weighted by Crippen LogP contribution is -2.34. The van der Waals surface area contributed by atoms with Crippen LogP contribution in [0.15, 0.2) is 36.9 Å². The van der Waals surface area contributed by atoms with Gasteiger partial charge in [-0.1, -0.05) is 44.7 Å². The number of rotatable bonds is 9. The van der Waals surface area contributed by atoms with E-state index in [9.17, 15) is 0 Å². The van der Waals surface area contributed by atoms with Crippen LogP contribution in [0.2, 0.25) is 0 Å². The van der Waals surface area contributed by atoms with Gasteiger partial charge in [-0.25, -0.2) is 0 Å². The Kier molecular flexibility index (Phi) is 7.23. The Hall–Kier alpha value is -1.32. The normalized spacial score (nSPS) is 12.4. The smallest absolute Gasteiger partial charge is 0.124 e. The SMILES string of the molecule is C=CCOc1ccccc1CNC(CCO)C(C)C. The van der Waals surface area contributed by atoms with E-state index in [2.05, 4.69) is 31.8 Å². The van der Waals surface area contributed by atoms with Gasteiger partial charge in [0, 0.05) is 24.8 Å². The second kappa shape index (κ2) is 8.73. The molecule has 1 aromatic carbocycles. The molecular weight excluding hydrogens is 238 g/mol. The number of benzene rings is 1. The molecule has 0 aliphatic heterocycles. The standard InChI is InChI=1S/C16H25NO2/c1-4-11-19-16-8-6-5-7-14(16)12-17-15(9-10-18)13(2)3/h4-8,13,15,17-18H,1,9-12H2,2-3H3. The maximum Gasteiger partial charge on any atom is 0.124 e. The first kappa shape index (κ1) is 15.7. The molecule has 0 heterocycles. The molecule has 0 spiro atoms. The van der Waals surface area contributed by atoms with Gasteiger partial charge in [-0.05, 0) is 18.4 Å². The van der Waals surface area contributed by atoms with Crippen LogP contribution in [0.4, 0.5) is 0 Å². The van der Waals surface area contributed by atoms with Crippen molar-refractivity contribution in [2.45, 2.75) is 32.9 Å². The van der Waals surface area contributed by atoms with E-state index in [-0.39, 0.29) is 6.61 Å². The first-order valence-corrected chi connectivity index (χ1v) is 6.84. The van der Waals surface area contributed by atoms with Crippen LogP contribution >= 0.6 is 0 Å². The van der Waals surface area contributed by atoms with E-state index in [0.717, 1.165) is 24.3 Å². The van der Waals surface area contributed by atoms with Crippen LogP contribution < -0.4 is 10.1 Å². The number of hydrogen-bond donors (Lipinski definition) is 2. The van der Waals surface area contributed by atoms with Crippen LogP contribution in [0.1, 0.15) is 25.8 Å². The summed E-state index contributed by atoms with van der Waals surface area (Å²) in [4.78, 5) is 0. The van der Waals surface area contributed by atoms with Gasteiger partial charge in [-0.2, -0.15) is 0 Å². The molecule has 1 aromatic rings. The molecule has 3 nitrogen and oxygen atoms in total. The molecule has 0 fully saturated rings. The molecule has 0 aromatic heterocycles. The highest BCUT2D eigenvalue weighted by Gasteiger charge is 2.12. The number of nitrogens with one attached hydrogen (secondary N) is 1. The summed E-state index contributed by atoms with van der Waals surface area (Å²) in [5.74, 6) is 1.38. The second-order valence-electron chi connectivity index (χ2n) is 4.95. The fourth-order valence-electron chi connectivity index (χ4n) is 1.99. The van der Waals surface area contributed by atoms with E-state index in [0.29, 0.717) is 18.6 Å². The van der Waals surface area contributed by atoms with Crippen LogP contribution in [-0.2, 0) is 6.54 Å². The molecule has 106 valence electrons. The van der Waals surface area contributed by atoms with Crippen LogP contribution in [0, 0.1) is 5.92 Å². The summed E-state index contributed by atoms with van der Waals surface area (Å²) in [5.41, 5.74) is 1.13. The van der Waals surface area contributed by atoms with Gasteiger partial charge in [0.25, 0.3) is 0 Å². The van der Waals surface area contributed by atoms with Crippen molar-refractivity contribution >= 4 is 0 Å². The number of para-hydroxylation sites is 1. The molecule has 0 aliphatic rings. The zero-order valence-electron chi connectivity index (χ0n) is 11.9. The van der Waals surface area contributed by atoms with Gasteiger partial charge in [-0.15, -0.1) is 0 Å². The molecule has 19 heavy (non-hydrogen) atoms. The van der Waals surface area contributed by atoms with E-state index in [1.807, 2.05) is 18.2 Å². The Bertz CT molecular complexity index is 377. The van der Waals surface area contributed by atoms with Crippen LogP contribution in [0.3, 0.4) is 0 Å². The monoisotopic (exact) mass is 263 g/mol. The molecule has 0 saturated heterocycles. The van der Waals surface area contributed by atoms with E-state index < -0.39 is 0 Å². The lowest BCUT2D eigenvalue weighted by molar-refractivity contribution is 0.243. The van der Waals surface area contributed by atoms with Crippen molar-refractivity contribution < 1.29 is 9.84 Å². The second-order valence-corrected chi connectivity index (χ2v) is 4.95. The Balaban J connectivity index is 2.62. The maximum atomic E-state index is 9.08. The third kappa shape index (κ3) is 5.45. The first-order valence-electron chi connectivity index (χ1n) is 6.84. The van der Waals surface area contributed by atoms with Gasteiger partial charge in [0.15, 0.2) is 0 Å². The summed E-state index contributed by atoms with van der Waals surface area (Å²) in [5, 5.41) is 12.6. The Morgan fingerprint density at radius 3 is 2.74 bits per heavy atom. The molecule has 1 rings (SSSR count). The summed E-state index contributed by atoms with van der Waals surface area (Å²) < 4.78 is 5.63. The topological polar surface area (TPSA) is 41.5 Å². The molecule has 3 heteroatoms. The van der Waals surface area contributed by atoms with Crippen molar-refractivity contribution in [2.75, 3.05) is 13.2 Å². The quantitative estimate of drug-likeness (QED) is 0.673. The molecule has 1 unspecified atom stereocenters. The van der Waals surface area contributed by atoms with Crippen LogP contribution in [-0.4, -0.2) is 24.4 Å². The number of hydrogen-bond acceptors (Lipinski definition) is 3. The fraction of sp³-hybridized carbons (Fsp3) is 0.500. The lowest BCUT2D eigenvalue weighted by atomic mass is 10.0. The van der Waals surface area contributed by atoms with Crippen LogP contribution in [0.5, 0.6) is 5.75 Å².